The predicted molar refractivity (Wildman–Crippen MR) is 130 cm³/mol. The maximum atomic E-state index is 12.0. The van der Waals surface area contributed by atoms with Crippen LogP contribution in [0.4, 0.5) is 26.7 Å². The second-order valence-electron chi connectivity index (χ2n) is 7.49. The zero-order valence-corrected chi connectivity index (χ0v) is 18.9. The molecule has 2 amide bonds. The summed E-state index contributed by atoms with van der Waals surface area (Å²) in [7, 11) is 1.85. The molecule has 0 spiro atoms. The molecule has 3 aromatic carbocycles. The highest BCUT2D eigenvalue weighted by atomic mass is 16.6. The van der Waals surface area contributed by atoms with Crippen LogP contribution in [0.15, 0.2) is 72.8 Å². The van der Waals surface area contributed by atoms with Crippen molar-refractivity contribution in [2.75, 3.05) is 23.0 Å². The minimum absolute atomic E-state index is 0.118. The Hall–Kier alpha value is -4.00. The van der Waals surface area contributed by atoms with Crippen molar-refractivity contribution in [1.29, 1.82) is 0 Å². The molecular weight excluding hydrogens is 418 g/mol. The molecule has 0 aliphatic heterocycles. The predicted octanol–water partition coefficient (Wildman–Crippen LogP) is 6.18. The number of amides is 2. The Morgan fingerprint density at radius 3 is 1.42 bits per heavy atom. The molecule has 0 saturated heterocycles. The number of rotatable bonds is 9. The molecule has 0 aliphatic rings. The Kier molecular flexibility index (Phi) is 8.71. The van der Waals surface area contributed by atoms with E-state index in [-0.39, 0.29) is 13.2 Å². The lowest BCUT2D eigenvalue weighted by Crippen LogP contribution is -2.14. The van der Waals surface area contributed by atoms with Crippen LogP contribution in [-0.2, 0) is 29.1 Å². The first kappa shape index (κ1) is 23.7. The van der Waals surface area contributed by atoms with Crippen LogP contribution >= 0.6 is 0 Å². The van der Waals surface area contributed by atoms with Crippen LogP contribution in [0.3, 0.4) is 0 Å². The Labute approximate surface area is 194 Å². The van der Waals surface area contributed by atoms with Gasteiger partial charge in [0.15, 0.2) is 0 Å². The number of carbonyl (C=O) groups excluding carboxylic acids is 2. The number of nitrogens with one attached hydrogen (secondary N) is 3. The lowest BCUT2D eigenvalue weighted by Gasteiger charge is -2.10. The average molecular weight is 448 g/mol. The normalized spacial score (nSPS) is 10.2. The first-order valence-electron chi connectivity index (χ1n) is 10.9. The van der Waals surface area contributed by atoms with Crippen LogP contribution in [0.2, 0.25) is 0 Å². The van der Waals surface area contributed by atoms with Crippen LogP contribution in [-0.4, -0.2) is 19.2 Å². The SMILES string of the molecule is CCCc1ccc(NC(=O)OCc2ccc(NC(=O)OCc3ccc(NC)cc3)cc2)cc1. The molecule has 3 aromatic rings. The molecule has 0 aliphatic carbocycles. The van der Waals surface area contributed by atoms with E-state index in [0.29, 0.717) is 11.4 Å². The van der Waals surface area contributed by atoms with E-state index in [1.54, 1.807) is 24.3 Å². The van der Waals surface area contributed by atoms with Gasteiger partial charge in [0, 0.05) is 24.1 Å². The van der Waals surface area contributed by atoms with Gasteiger partial charge in [-0.05, 0) is 59.5 Å². The first-order chi connectivity index (χ1) is 16.1. The highest BCUT2D eigenvalue weighted by Crippen LogP contribution is 2.14. The molecule has 0 radical (unpaired) electrons. The first-order valence-corrected chi connectivity index (χ1v) is 10.9. The standard InChI is InChI=1S/C26H29N3O4/c1-3-4-19-5-13-23(14-6-19)28-25(30)33-18-21-9-15-24(16-10-21)29-26(31)32-17-20-7-11-22(27-2)12-8-20/h5-16,27H,3-4,17-18H2,1-2H3,(H,28,30)(H,29,31). The van der Waals surface area contributed by atoms with Crippen molar-refractivity contribution in [2.45, 2.75) is 33.0 Å². The molecule has 3 rings (SSSR count). The summed E-state index contributed by atoms with van der Waals surface area (Å²) in [5, 5.41) is 8.43. The topological polar surface area (TPSA) is 88.7 Å². The lowest BCUT2D eigenvalue weighted by atomic mass is 10.1. The highest BCUT2D eigenvalue weighted by Gasteiger charge is 2.06. The maximum absolute atomic E-state index is 12.0. The summed E-state index contributed by atoms with van der Waals surface area (Å²) in [6, 6.07) is 22.4. The number of carbonyl (C=O) groups is 2. The van der Waals surface area contributed by atoms with Crippen LogP contribution in [0.25, 0.3) is 0 Å². The van der Waals surface area contributed by atoms with Crippen molar-refractivity contribution in [2.24, 2.45) is 0 Å². The van der Waals surface area contributed by atoms with Gasteiger partial charge < -0.3 is 14.8 Å². The number of benzene rings is 3. The van der Waals surface area contributed by atoms with Crippen molar-refractivity contribution in [3.63, 3.8) is 0 Å². The Morgan fingerprint density at radius 2 is 1.03 bits per heavy atom. The molecule has 0 aromatic heterocycles. The van der Waals surface area contributed by atoms with Gasteiger partial charge in [-0.1, -0.05) is 49.7 Å². The number of hydrogen-bond acceptors (Lipinski definition) is 5. The van der Waals surface area contributed by atoms with Gasteiger partial charge in [0.2, 0.25) is 0 Å². The zero-order chi connectivity index (χ0) is 23.5. The van der Waals surface area contributed by atoms with Crippen LogP contribution in [0, 0.1) is 0 Å². The average Bonchev–Trinajstić information content (AvgIpc) is 2.84. The third kappa shape index (κ3) is 7.88. The number of anilines is 3. The molecule has 0 atom stereocenters. The fraction of sp³-hybridized carbons (Fsp3) is 0.231. The molecule has 7 nitrogen and oxygen atoms in total. The van der Waals surface area contributed by atoms with E-state index in [1.165, 1.54) is 5.56 Å². The molecule has 0 saturated carbocycles. The van der Waals surface area contributed by atoms with Crippen molar-refractivity contribution in [3.8, 4) is 0 Å². The molecular formula is C26H29N3O4. The Morgan fingerprint density at radius 1 is 0.636 bits per heavy atom. The van der Waals surface area contributed by atoms with Crippen molar-refractivity contribution < 1.29 is 19.1 Å². The van der Waals surface area contributed by atoms with Gasteiger partial charge in [0.05, 0.1) is 0 Å². The van der Waals surface area contributed by atoms with E-state index in [1.807, 2.05) is 55.6 Å². The van der Waals surface area contributed by atoms with E-state index in [4.69, 9.17) is 9.47 Å². The molecule has 172 valence electrons. The van der Waals surface area contributed by atoms with E-state index >= 15 is 0 Å². The number of hydrogen-bond donors (Lipinski definition) is 3. The van der Waals surface area contributed by atoms with Crippen molar-refractivity contribution in [3.05, 3.63) is 89.5 Å². The number of ether oxygens (including phenoxy) is 2. The van der Waals surface area contributed by atoms with Crippen molar-refractivity contribution in [1.82, 2.24) is 0 Å². The van der Waals surface area contributed by atoms with Gasteiger partial charge in [-0.15, -0.1) is 0 Å². The van der Waals surface area contributed by atoms with Gasteiger partial charge in [0.1, 0.15) is 13.2 Å². The Balaban J connectivity index is 1.39. The molecule has 0 fully saturated rings. The Bertz CT molecular complexity index is 1030. The fourth-order valence-electron chi connectivity index (χ4n) is 3.10. The minimum Gasteiger partial charge on any atom is -0.444 e. The molecule has 3 N–H and O–H groups in total. The van der Waals surface area contributed by atoms with E-state index in [0.717, 1.165) is 29.7 Å². The summed E-state index contributed by atoms with van der Waals surface area (Å²) < 4.78 is 10.5. The monoisotopic (exact) mass is 447 g/mol. The summed E-state index contributed by atoms with van der Waals surface area (Å²) in [4.78, 5) is 24.0. The van der Waals surface area contributed by atoms with Gasteiger partial charge in [-0.2, -0.15) is 0 Å². The molecule has 0 bridgehead atoms. The van der Waals surface area contributed by atoms with Crippen LogP contribution in [0.1, 0.15) is 30.0 Å². The smallest absolute Gasteiger partial charge is 0.411 e. The van der Waals surface area contributed by atoms with Crippen molar-refractivity contribution >= 4 is 29.2 Å². The molecule has 33 heavy (non-hydrogen) atoms. The maximum Gasteiger partial charge on any atom is 0.411 e. The van der Waals surface area contributed by atoms with E-state index in [9.17, 15) is 9.59 Å². The highest BCUT2D eigenvalue weighted by molar-refractivity contribution is 5.85. The van der Waals surface area contributed by atoms with E-state index in [2.05, 4.69) is 22.9 Å². The van der Waals surface area contributed by atoms with Crippen LogP contribution in [0.5, 0.6) is 0 Å². The second kappa shape index (κ2) is 12.1. The van der Waals surface area contributed by atoms with E-state index < -0.39 is 12.2 Å². The molecule has 0 unspecified atom stereocenters. The second-order valence-corrected chi connectivity index (χ2v) is 7.49. The van der Waals surface area contributed by atoms with Gasteiger partial charge >= 0.3 is 12.2 Å². The number of aryl methyl sites for hydroxylation is 1. The molecule has 0 heterocycles. The largest absolute Gasteiger partial charge is 0.444 e. The quantitative estimate of drug-likeness (QED) is 0.365. The molecule has 7 heteroatoms. The zero-order valence-electron chi connectivity index (χ0n) is 18.9. The summed E-state index contributed by atoms with van der Waals surface area (Å²) in [5.74, 6) is 0. The summed E-state index contributed by atoms with van der Waals surface area (Å²) in [6.07, 6.45) is 1.03. The third-order valence-electron chi connectivity index (χ3n) is 4.92. The summed E-state index contributed by atoms with van der Waals surface area (Å²) in [6.45, 7) is 2.43. The van der Waals surface area contributed by atoms with Gasteiger partial charge in [-0.25, -0.2) is 9.59 Å². The lowest BCUT2D eigenvalue weighted by molar-refractivity contribution is 0.154. The minimum atomic E-state index is -0.541. The van der Waals surface area contributed by atoms with Gasteiger partial charge in [0.25, 0.3) is 0 Å². The summed E-state index contributed by atoms with van der Waals surface area (Å²) in [5.41, 5.74) is 5.20. The van der Waals surface area contributed by atoms with Gasteiger partial charge in [-0.3, -0.25) is 10.6 Å². The fourth-order valence-corrected chi connectivity index (χ4v) is 3.10. The third-order valence-corrected chi connectivity index (χ3v) is 4.92. The summed E-state index contributed by atoms with van der Waals surface area (Å²) >= 11 is 0. The van der Waals surface area contributed by atoms with Crippen LogP contribution < -0.4 is 16.0 Å².